The lowest BCUT2D eigenvalue weighted by Gasteiger charge is -2.11. The molecule has 0 unspecified atom stereocenters. The molecule has 20 heavy (non-hydrogen) atoms. The second-order valence-corrected chi connectivity index (χ2v) is 5.63. The fourth-order valence-electron chi connectivity index (χ4n) is 1.55. The second-order valence-electron chi connectivity index (χ2n) is 4.77. The number of nitrogens with two attached hydrogens (primary N) is 1. The van der Waals surface area contributed by atoms with Crippen LogP contribution in [0, 0.1) is 5.92 Å². The molecule has 3 N–H and O–H groups in total. The third-order valence-corrected chi connectivity index (χ3v) is 3.40. The van der Waals surface area contributed by atoms with E-state index >= 15 is 0 Å². The molecule has 1 aromatic carbocycles. The van der Waals surface area contributed by atoms with Crippen molar-refractivity contribution in [3.05, 3.63) is 22.2 Å². The molecule has 6 heteroatoms. The van der Waals surface area contributed by atoms with E-state index in [2.05, 4.69) is 40.1 Å². The lowest BCUT2D eigenvalue weighted by Crippen LogP contribution is -2.34. The van der Waals surface area contributed by atoms with Gasteiger partial charge in [0.25, 0.3) is 0 Å². The maximum absolute atomic E-state index is 5.81. The Morgan fingerprint density at radius 3 is 2.45 bits per heavy atom. The average Bonchev–Trinajstić information content (AvgIpc) is 2.43. The molecular formula is C14H22BrN3O2. The van der Waals surface area contributed by atoms with Crippen LogP contribution in [0.1, 0.15) is 19.4 Å². The van der Waals surface area contributed by atoms with E-state index in [9.17, 15) is 0 Å². The molecule has 0 heterocycles. The molecule has 112 valence electrons. The van der Waals surface area contributed by atoms with Gasteiger partial charge < -0.3 is 20.5 Å². The van der Waals surface area contributed by atoms with Crippen molar-refractivity contribution in [3.63, 3.8) is 0 Å². The summed E-state index contributed by atoms with van der Waals surface area (Å²) in [6, 6.07) is 3.75. The van der Waals surface area contributed by atoms with Crippen LogP contribution >= 0.6 is 15.9 Å². The second kappa shape index (κ2) is 7.99. The summed E-state index contributed by atoms with van der Waals surface area (Å²) in [7, 11) is 3.22. The van der Waals surface area contributed by atoms with Gasteiger partial charge in [-0.25, -0.2) is 4.99 Å². The number of ether oxygens (including phenoxy) is 2. The normalized spacial score (nSPS) is 11.6. The molecule has 0 saturated carbocycles. The van der Waals surface area contributed by atoms with Gasteiger partial charge >= 0.3 is 0 Å². The Morgan fingerprint density at radius 1 is 1.30 bits per heavy atom. The lowest BCUT2D eigenvalue weighted by molar-refractivity contribution is 0.354. The molecule has 1 aromatic rings. The van der Waals surface area contributed by atoms with Crippen LogP contribution in [0.15, 0.2) is 21.6 Å². The Kier molecular flexibility index (Phi) is 6.64. The maximum atomic E-state index is 5.81. The van der Waals surface area contributed by atoms with E-state index < -0.39 is 0 Å². The van der Waals surface area contributed by atoms with E-state index in [1.54, 1.807) is 14.2 Å². The van der Waals surface area contributed by atoms with Crippen LogP contribution in [0.4, 0.5) is 0 Å². The molecule has 0 aliphatic rings. The van der Waals surface area contributed by atoms with Crippen molar-refractivity contribution in [2.75, 3.05) is 20.8 Å². The van der Waals surface area contributed by atoms with E-state index in [4.69, 9.17) is 15.2 Å². The molecule has 0 aromatic heterocycles. The highest BCUT2D eigenvalue weighted by molar-refractivity contribution is 9.10. The van der Waals surface area contributed by atoms with Crippen LogP contribution in [0.2, 0.25) is 0 Å². The molecule has 1 rings (SSSR count). The fraction of sp³-hybridized carbons (Fsp3) is 0.500. The predicted octanol–water partition coefficient (Wildman–Crippen LogP) is 2.53. The number of hydrogen-bond acceptors (Lipinski definition) is 3. The Balaban J connectivity index is 2.79. The average molecular weight is 344 g/mol. The van der Waals surface area contributed by atoms with Crippen LogP contribution in [-0.2, 0) is 6.54 Å². The molecular weight excluding hydrogens is 322 g/mol. The maximum Gasteiger partial charge on any atom is 0.188 e. The fourth-order valence-corrected chi connectivity index (χ4v) is 2.00. The number of hydrogen-bond donors (Lipinski definition) is 2. The van der Waals surface area contributed by atoms with Gasteiger partial charge in [0.1, 0.15) is 0 Å². The first kappa shape index (κ1) is 16.6. The lowest BCUT2D eigenvalue weighted by atomic mass is 10.2. The highest BCUT2D eigenvalue weighted by Crippen LogP contribution is 2.33. The minimum Gasteiger partial charge on any atom is -0.493 e. The summed E-state index contributed by atoms with van der Waals surface area (Å²) in [4.78, 5) is 4.32. The number of guanidine groups is 1. The summed E-state index contributed by atoms with van der Waals surface area (Å²) >= 11 is 3.50. The van der Waals surface area contributed by atoms with Crippen molar-refractivity contribution in [1.82, 2.24) is 5.32 Å². The van der Waals surface area contributed by atoms with E-state index in [0.29, 0.717) is 29.9 Å². The smallest absolute Gasteiger partial charge is 0.188 e. The van der Waals surface area contributed by atoms with Crippen molar-refractivity contribution in [2.45, 2.75) is 20.4 Å². The molecule has 0 aliphatic carbocycles. The standard InChI is InChI=1S/C14H22BrN3O2/c1-9(2)7-17-14(16)18-8-10-5-12(19-3)13(20-4)6-11(10)15/h5-6,9H,7-8H2,1-4H3,(H3,16,17,18). The van der Waals surface area contributed by atoms with Crippen molar-refractivity contribution in [1.29, 1.82) is 0 Å². The summed E-state index contributed by atoms with van der Waals surface area (Å²) in [5, 5.41) is 3.08. The SMILES string of the molecule is COc1cc(Br)c(CN=C(N)NCC(C)C)cc1OC. The molecule has 0 saturated heterocycles. The quantitative estimate of drug-likeness (QED) is 0.615. The summed E-state index contributed by atoms with van der Waals surface area (Å²) in [6.45, 7) is 5.51. The molecule has 0 aliphatic heterocycles. The van der Waals surface area contributed by atoms with Gasteiger partial charge in [0.05, 0.1) is 20.8 Å². The summed E-state index contributed by atoms with van der Waals surface area (Å²) in [5.74, 6) is 2.32. The van der Waals surface area contributed by atoms with Gasteiger partial charge in [-0.3, -0.25) is 0 Å². The van der Waals surface area contributed by atoms with Crippen LogP contribution < -0.4 is 20.5 Å². The summed E-state index contributed by atoms with van der Waals surface area (Å²) in [5.41, 5.74) is 6.80. The van der Waals surface area contributed by atoms with E-state index in [0.717, 1.165) is 16.6 Å². The van der Waals surface area contributed by atoms with Gasteiger partial charge in [-0.2, -0.15) is 0 Å². The molecule has 0 amide bonds. The highest BCUT2D eigenvalue weighted by Gasteiger charge is 2.09. The van der Waals surface area contributed by atoms with Gasteiger partial charge in [-0.05, 0) is 23.6 Å². The van der Waals surface area contributed by atoms with E-state index in [1.165, 1.54) is 0 Å². The zero-order valence-corrected chi connectivity index (χ0v) is 14.0. The zero-order chi connectivity index (χ0) is 15.1. The molecule has 0 bridgehead atoms. The monoisotopic (exact) mass is 343 g/mol. The Hall–Kier alpha value is -1.43. The van der Waals surface area contributed by atoms with Crippen molar-refractivity contribution < 1.29 is 9.47 Å². The zero-order valence-electron chi connectivity index (χ0n) is 12.4. The van der Waals surface area contributed by atoms with Crippen LogP contribution in [0.5, 0.6) is 11.5 Å². The van der Waals surface area contributed by atoms with Crippen LogP contribution in [0.3, 0.4) is 0 Å². The van der Waals surface area contributed by atoms with Crippen molar-refractivity contribution >= 4 is 21.9 Å². The van der Waals surface area contributed by atoms with Crippen molar-refractivity contribution in [2.24, 2.45) is 16.6 Å². The molecule has 0 spiro atoms. The Morgan fingerprint density at radius 2 is 1.90 bits per heavy atom. The minimum absolute atomic E-state index is 0.445. The number of methoxy groups -OCH3 is 2. The van der Waals surface area contributed by atoms with E-state index in [1.807, 2.05) is 12.1 Å². The molecule has 0 atom stereocenters. The van der Waals surface area contributed by atoms with Crippen LogP contribution in [-0.4, -0.2) is 26.7 Å². The van der Waals surface area contributed by atoms with Gasteiger partial charge in [0, 0.05) is 11.0 Å². The molecule has 5 nitrogen and oxygen atoms in total. The topological polar surface area (TPSA) is 68.9 Å². The van der Waals surface area contributed by atoms with Gasteiger partial charge in [-0.1, -0.05) is 29.8 Å². The van der Waals surface area contributed by atoms with Crippen molar-refractivity contribution in [3.8, 4) is 11.5 Å². The van der Waals surface area contributed by atoms with Gasteiger partial charge in [0.15, 0.2) is 17.5 Å². The van der Waals surface area contributed by atoms with Gasteiger partial charge in [-0.15, -0.1) is 0 Å². The number of nitrogens with one attached hydrogen (secondary N) is 1. The number of aliphatic imine (C=N–C) groups is 1. The predicted molar refractivity (Wildman–Crippen MR) is 85.4 cm³/mol. The number of nitrogens with zero attached hydrogens (tertiary/aromatic N) is 1. The summed E-state index contributed by atoms with van der Waals surface area (Å²) < 4.78 is 11.4. The first-order valence-electron chi connectivity index (χ1n) is 6.42. The summed E-state index contributed by atoms with van der Waals surface area (Å²) in [6.07, 6.45) is 0. The molecule has 0 radical (unpaired) electrons. The van der Waals surface area contributed by atoms with Gasteiger partial charge in [0.2, 0.25) is 0 Å². The number of halogens is 1. The minimum atomic E-state index is 0.445. The third kappa shape index (κ3) is 4.92. The van der Waals surface area contributed by atoms with Crippen LogP contribution in [0.25, 0.3) is 0 Å². The third-order valence-electron chi connectivity index (χ3n) is 2.66. The number of rotatable bonds is 6. The van der Waals surface area contributed by atoms with E-state index in [-0.39, 0.29) is 0 Å². The largest absolute Gasteiger partial charge is 0.493 e. The molecule has 0 fully saturated rings. The highest BCUT2D eigenvalue weighted by atomic mass is 79.9. The first-order chi connectivity index (χ1) is 9.47. The number of benzene rings is 1. The Bertz CT molecular complexity index is 476. The first-order valence-corrected chi connectivity index (χ1v) is 7.21. The Labute approximate surface area is 128 Å².